The number of carbonyl (C=O) groups excluding carboxylic acids is 4. The number of halogens is 2. The Bertz CT molecular complexity index is 2940. The number of benzene rings is 7. The first-order valence-electron chi connectivity index (χ1n) is 27.4. The van der Waals surface area contributed by atoms with E-state index in [1.165, 1.54) is 131 Å². The van der Waals surface area contributed by atoms with Crippen LogP contribution in [-0.2, 0) is 12.8 Å². The zero-order valence-electron chi connectivity index (χ0n) is 44.6. The molecule has 0 N–H and O–H groups in total. The van der Waals surface area contributed by atoms with Crippen LogP contribution in [0.15, 0.2) is 152 Å². The Morgan fingerprint density at radius 3 is 1.00 bits per heavy atom. The lowest BCUT2D eigenvalue weighted by atomic mass is 10.00. The molecule has 7 aromatic rings. The van der Waals surface area contributed by atoms with Gasteiger partial charge in [-0.05, 0) is 132 Å². The van der Waals surface area contributed by atoms with Crippen LogP contribution in [0.1, 0.15) is 175 Å². The van der Waals surface area contributed by atoms with E-state index >= 15 is 8.78 Å². The molecule has 0 unspecified atom stereocenters. The molecule has 78 heavy (non-hydrogen) atoms. The molecule has 0 aromatic heterocycles. The van der Waals surface area contributed by atoms with Crippen molar-refractivity contribution in [1.29, 1.82) is 5.26 Å². The molecule has 402 valence electrons. The Kier molecular flexibility index (Phi) is 22.0. The summed E-state index contributed by atoms with van der Waals surface area (Å²) >= 11 is 0. The fraction of sp³-hybridized carbons (Fsp3) is 0.299. The molecular formula is C67H67F2NO8. The summed E-state index contributed by atoms with van der Waals surface area (Å²) in [6, 6.07) is 42.3. The van der Waals surface area contributed by atoms with Crippen LogP contribution in [0.4, 0.5) is 8.78 Å². The number of rotatable bonds is 28. The number of nitriles is 1. The van der Waals surface area contributed by atoms with Gasteiger partial charge in [-0.3, -0.25) is 0 Å². The number of esters is 4. The van der Waals surface area contributed by atoms with Crippen molar-refractivity contribution in [2.75, 3.05) is 0 Å². The molecule has 0 saturated heterocycles. The summed E-state index contributed by atoms with van der Waals surface area (Å²) in [7, 11) is 0. The maximum absolute atomic E-state index is 15.3. The van der Waals surface area contributed by atoms with E-state index in [2.05, 4.69) is 62.4 Å². The molecule has 0 radical (unpaired) electrons. The van der Waals surface area contributed by atoms with Gasteiger partial charge in [0.2, 0.25) is 0 Å². The third-order valence-electron chi connectivity index (χ3n) is 13.7. The van der Waals surface area contributed by atoms with Gasteiger partial charge in [0.1, 0.15) is 11.6 Å². The Hall–Kier alpha value is -8.23. The lowest BCUT2D eigenvalue weighted by Gasteiger charge is -2.12. The fourth-order valence-electron chi connectivity index (χ4n) is 9.10. The maximum Gasteiger partial charge on any atom is 0.343 e. The van der Waals surface area contributed by atoms with Crippen LogP contribution in [0.25, 0.3) is 22.3 Å². The van der Waals surface area contributed by atoms with Crippen LogP contribution in [0.2, 0.25) is 0 Å². The summed E-state index contributed by atoms with van der Waals surface area (Å²) < 4.78 is 52.1. The average molecular weight is 1050 g/mol. The third-order valence-corrected chi connectivity index (χ3v) is 13.7. The van der Waals surface area contributed by atoms with Crippen molar-refractivity contribution < 1.29 is 46.9 Å². The quantitative estimate of drug-likeness (QED) is 0.0267. The number of aryl methyl sites for hydroxylation is 2. The highest BCUT2D eigenvalue weighted by Gasteiger charge is 2.22. The lowest BCUT2D eigenvalue weighted by Crippen LogP contribution is -2.14. The van der Waals surface area contributed by atoms with Gasteiger partial charge >= 0.3 is 23.9 Å². The maximum atomic E-state index is 15.3. The van der Waals surface area contributed by atoms with Gasteiger partial charge < -0.3 is 18.9 Å². The zero-order valence-corrected chi connectivity index (χ0v) is 44.6. The topological polar surface area (TPSA) is 129 Å². The van der Waals surface area contributed by atoms with Crippen LogP contribution in [-0.4, -0.2) is 23.9 Å². The molecular weight excluding hydrogens is 985 g/mol. The molecule has 0 bridgehead atoms. The van der Waals surface area contributed by atoms with Crippen LogP contribution in [0.5, 0.6) is 23.0 Å². The summed E-state index contributed by atoms with van der Waals surface area (Å²) in [5.74, 6) is -7.26. The Morgan fingerprint density at radius 1 is 0.372 bits per heavy atom. The van der Waals surface area contributed by atoms with Gasteiger partial charge in [-0.1, -0.05) is 183 Å². The molecule has 0 spiro atoms. The van der Waals surface area contributed by atoms with Gasteiger partial charge in [0.25, 0.3) is 0 Å². The number of unbranched alkanes of at least 4 members (excludes halogenated alkanes) is 14. The number of hydrogen-bond acceptors (Lipinski definition) is 9. The van der Waals surface area contributed by atoms with Crippen molar-refractivity contribution in [3.05, 3.63) is 202 Å². The fourth-order valence-corrected chi connectivity index (χ4v) is 9.10. The summed E-state index contributed by atoms with van der Waals surface area (Å²) in [6.07, 6.45) is 22.5. The lowest BCUT2D eigenvalue weighted by molar-refractivity contribution is 0.0716. The summed E-state index contributed by atoms with van der Waals surface area (Å²) in [5, 5.41) is 10.0. The van der Waals surface area contributed by atoms with E-state index < -0.39 is 47.0 Å². The second-order valence-corrected chi connectivity index (χ2v) is 19.6. The Balaban J connectivity index is 0.872. The Morgan fingerprint density at radius 2 is 0.667 bits per heavy atom. The Labute approximate surface area is 457 Å². The minimum Gasteiger partial charge on any atom is -0.421 e. The summed E-state index contributed by atoms with van der Waals surface area (Å²) in [4.78, 5) is 52.5. The minimum absolute atomic E-state index is 0.193. The minimum atomic E-state index is -1.07. The van der Waals surface area contributed by atoms with E-state index in [1.54, 1.807) is 48.5 Å². The van der Waals surface area contributed by atoms with Crippen molar-refractivity contribution in [2.24, 2.45) is 0 Å². The van der Waals surface area contributed by atoms with Crippen molar-refractivity contribution in [2.45, 2.75) is 129 Å². The first-order chi connectivity index (χ1) is 38.0. The van der Waals surface area contributed by atoms with Crippen LogP contribution < -0.4 is 18.9 Å². The molecule has 0 heterocycles. The molecule has 0 aliphatic heterocycles. The highest BCUT2D eigenvalue weighted by molar-refractivity contribution is 5.95. The second kappa shape index (κ2) is 29.9. The van der Waals surface area contributed by atoms with Crippen LogP contribution in [0, 0.1) is 23.0 Å². The highest BCUT2D eigenvalue weighted by Crippen LogP contribution is 2.31. The van der Waals surface area contributed by atoms with Crippen molar-refractivity contribution >= 4 is 23.9 Å². The van der Waals surface area contributed by atoms with E-state index in [4.69, 9.17) is 18.9 Å². The van der Waals surface area contributed by atoms with Crippen molar-refractivity contribution in [3.63, 3.8) is 0 Å². The molecule has 0 atom stereocenters. The van der Waals surface area contributed by atoms with E-state index in [1.807, 2.05) is 6.07 Å². The van der Waals surface area contributed by atoms with Gasteiger partial charge in [-0.15, -0.1) is 0 Å². The molecule has 0 saturated carbocycles. The highest BCUT2D eigenvalue weighted by atomic mass is 19.1. The van der Waals surface area contributed by atoms with E-state index in [0.29, 0.717) is 0 Å². The molecule has 7 aromatic carbocycles. The smallest absolute Gasteiger partial charge is 0.343 e. The zero-order chi connectivity index (χ0) is 55.1. The van der Waals surface area contributed by atoms with Gasteiger partial charge in [0, 0.05) is 0 Å². The normalized spacial score (nSPS) is 10.9. The summed E-state index contributed by atoms with van der Waals surface area (Å²) in [6.45, 7) is 4.46. The molecule has 0 aliphatic rings. The largest absolute Gasteiger partial charge is 0.421 e. The van der Waals surface area contributed by atoms with E-state index in [0.717, 1.165) is 72.2 Å². The standard InChI is InChI=1S/C67H67F2NO8/c1-3-5-7-9-11-13-15-17-20-47-24-28-49(29-25-47)51-32-36-53(37-33-51)64(71)77-62-42-40-55(44-58(62)68)66(73)75-60-22-19-23-61(57(60)46-70)76-67(74)56-41-43-63(59(69)45-56)78-65(72)54-38-34-52(35-39-54)50-30-26-48(27-31-50)21-18-16-14-12-10-8-6-4-2/h19,22-45H,3-18,20-21H2,1-2H3. The van der Waals surface area contributed by atoms with Gasteiger partial charge in [0.15, 0.2) is 34.6 Å². The number of ether oxygens (including phenoxy) is 4. The number of hydrogen-bond donors (Lipinski definition) is 0. The predicted molar refractivity (Wildman–Crippen MR) is 300 cm³/mol. The van der Waals surface area contributed by atoms with Crippen LogP contribution in [0.3, 0.4) is 0 Å². The number of nitrogens with zero attached hydrogens (tertiary/aromatic N) is 1. The first kappa shape index (κ1) is 57.5. The molecule has 7 rings (SSSR count). The summed E-state index contributed by atoms with van der Waals surface area (Å²) in [5.41, 5.74) is 5.86. The van der Waals surface area contributed by atoms with Gasteiger partial charge in [-0.25, -0.2) is 28.0 Å². The van der Waals surface area contributed by atoms with E-state index in [9.17, 15) is 24.4 Å². The molecule has 0 aliphatic carbocycles. The SMILES string of the molecule is CCCCCCCCCCc1ccc(-c2ccc(C(=O)Oc3ccc(C(=O)Oc4cccc(OC(=O)c5ccc(OC(=O)c6ccc(-c7ccc(CCCCCCCCCC)cc7)cc6)c(F)c5)c4C#N)cc3F)cc2)cc1. The molecule has 0 amide bonds. The van der Waals surface area contributed by atoms with Crippen LogP contribution >= 0.6 is 0 Å². The molecule has 9 nitrogen and oxygen atoms in total. The van der Waals surface area contributed by atoms with Crippen molar-refractivity contribution in [1.82, 2.24) is 0 Å². The predicted octanol–water partition coefficient (Wildman–Crippen LogP) is 17.4. The first-order valence-corrected chi connectivity index (χ1v) is 27.4. The molecule has 0 fully saturated rings. The molecule has 11 heteroatoms. The number of carbonyl (C=O) groups is 4. The van der Waals surface area contributed by atoms with Gasteiger partial charge in [-0.2, -0.15) is 5.26 Å². The van der Waals surface area contributed by atoms with Gasteiger partial charge in [0.05, 0.1) is 22.3 Å². The average Bonchev–Trinajstić information content (AvgIpc) is 3.48. The third kappa shape index (κ3) is 16.9. The monoisotopic (exact) mass is 1050 g/mol. The van der Waals surface area contributed by atoms with Crippen molar-refractivity contribution in [3.8, 4) is 51.3 Å². The van der Waals surface area contributed by atoms with E-state index in [-0.39, 0.29) is 39.3 Å². The second-order valence-electron chi connectivity index (χ2n) is 19.6.